The number of morpholine rings is 1. The lowest BCUT2D eigenvalue weighted by atomic mass is 9.78. The molecule has 1 unspecified atom stereocenters. The van der Waals surface area contributed by atoms with Crippen LogP contribution in [0.15, 0.2) is 42.5 Å². The SMILES string of the molecule is CC1(C)O[C@@H]2C[C@@](OCc3ccccc3F)(C(=O)NN3CCOCC3)CC(OCc3ccc(F)cc3F)[C@@H]2O1. The van der Waals surface area contributed by atoms with E-state index in [1.807, 2.05) is 0 Å². The summed E-state index contributed by atoms with van der Waals surface area (Å²) in [4.78, 5) is 13.9. The van der Waals surface area contributed by atoms with Crippen molar-refractivity contribution in [2.45, 2.75) is 69.6 Å². The number of carbonyl (C=O) groups excluding carboxylic acids is 1. The predicted molar refractivity (Wildman–Crippen MR) is 132 cm³/mol. The van der Waals surface area contributed by atoms with Gasteiger partial charge in [0.05, 0.1) is 38.6 Å². The van der Waals surface area contributed by atoms with Crippen LogP contribution in [0.25, 0.3) is 0 Å². The minimum atomic E-state index is -1.47. The average Bonchev–Trinajstić information content (AvgIpc) is 3.22. The minimum absolute atomic E-state index is 0.0427. The van der Waals surface area contributed by atoms with E-state index in [9.17, 15) is 18.0 Å². The van der Waals surface area contributed by atoms with Gasteiger partial charge in [0.2, 0.25) is 0 Å². The summed E-state index contributed by atoms with van der Waals surface area (Å²) in [5, 5.41) is 1.76. The van der Waals surface area contributed by atoms with Crippen molar-refractivity contribution in [1.82, 2.24) is 10.4 Å². The Hall–Kier alpha value is -2.54. The summed E-state index contributed by atoms with van der Waals surface area (Å²) < 4.78 is 72.4. The first kappa shape index (κ1) is 28.0. The molecule has 5 rings (SSSR count). The Morgan fingerprint density at radius 3 is 2.49 bits per heavy atom. The molecule has 0 radical (unpaired) electrons. The van der Waals surface area contributed by atoms with Crippen molar-refractivity contribution < 1.29 is 41.7 Å². The molecule has 2 aliphatic heterocycles. The number of hydrazine groups is 1. The molecule has 4 atom stereocenters. The Labute approximate surface area is 225 Å². The number of halogens is 3. The van der Waals surface area contributed by atoms with Crippen LogP contribution >= 0.6 is 0 Å². The first-order valence-corrected chi connectivity index (χ1v) is 13.1. The lowest BCUT2D eigenvalue weighted by molar-refractivity contribution is -0.188. The van der Waals surface area contributed by atoms with Crippen molar-refractivity contribution in [1.29, 1.82) is 0 Å². The fourth-order valence-electron chi connectivity index (χ4n) is 5.30. The third-order valence-corrected chi connectivity index (χ3v) is 7.26. The number of nitrogens with one attached hydrogen (secondary N) is 1. The number of hydrogen-bond acceptors (Lipinski definition) is 7. The van der Waals surface area contributed by atoms with E-state index < -0.39 is 53.1 Å². The lowest BCUT2D eigenvalue weighted by Gasteiger charge is -2.44. The van der Waals surface area contributed by atoms with Crippen LogP contribution in [-0.4, -0.2) is 66.9 Å². The molecule has 8 nitrogen and oxygen atoms in total. The van der Waals surface area contributed by atoms with Crippen molar-refractivity contribution in [3.8, 4) is 0 Å². The third kappa shape index (κ3) is 6.45. The number of rotatable bonds is 8. The van der Waals surface area contributed by atoms with Gasteiger partial charge in [-0.05, 0) is 26.0 Å². The second kappa shape index (κ2) is 11.5. The van der Waals surface area contributed by atoms with E-state index in [-0.39, 0.29) is 31.6 Å². The summed E-state index contributed by atoms with van der Waals surface area (Å²) in [5.41, 5.74) is 1.92. The molecule has 3 aliphatic rings. The zero-order valence-corrected chi connectivity index (χ0v) is 22.0. The Morgan fingerprint density at radius 1 is 1.00 bits per heavy atom. The molecule has 3 fully saturated rings. The molecular weight excluding hydrogens is 517 g/mol. The summed E-state index contributed by atoms with van der Waals surface area (Å²) in [6, 6.07) is 9.45. The molecule has 39 heavy (non-hydrogen) atoms. The van der Waals surface area contributed by atoms with Crippen LogP contribution in [0.1, 0.15) is 37.8 Å². The quantitative estimate of drug-likeness (QED) is 0.538. The number of carbonyl (C=O) groups is 1. The molecule has 212 valence electrons. The highest BCUT2D eigenvalue weighted by Gasteiger charge is 2.58. The monoisotopic (exact) mass is 550 g/mol. The van der Waals surface area contributed by atoms with E-state index in [4.69, 9.17) is 23.7 Å². The van der Waals surface area contributed by atoms with Gasteiger partial charge in [-0.15, -0.1) is 0 Å². The van der Waals surface area contributed by atoms with Gasteiger partial charge in [-0.2, -0.15) is 0 Å². The van der Waals surface area contributed by atoms with E-state index >= 15 is 0 Å². The molecule has 2 saturated heterocycles. The number of nitrogens with zero attached hydrogens (tertiary/aromatic N) is 1. The predicted octanol–water partition coefficient (Wildman–Crippen LogP) is 3.62. The zero-order chi connectivity index (χ0) is 27.6. The number of ether oxygens (including phenoxy) is 5. The van der Waals surface area contributed by atoms with E-state index in [0.29, 0.717) is 31.9 Å². The Bertz CT molecular complexity index is 1180. The molecule has 1 aliphatic carbocycles. The van der Waals surface area contributed by atoms with Gasteiger partial charge in [0.15, 0.2) is 11.4 Å². The van der Waals surface area contributed by atoms with Crippen LogP contribution in [0.3, 0.4) is 0 Å². The first-order valence-electron chi connectivity index (χ1n) is 13.1. The van der Waals surface area contributed by atoms with Crippen molar-refractivity contribution in [3.05, 3.63) is 71.0 Å². The van der Waals surface area contributed by atoms with Crippen LogP contribution in [0.2, 0.25) is 0 Å². The van der Waals surface area contributed by atoms with Gasteiger partial charge in [-0.25, -0.2) is 18.2 Å². The molecule has 2 aromatic carbocycles. The molecule has 1 N–H and O–H groups in total. The van der Waals surface area contributed by atoms with Gasteiger partial charge < -0.3 is 23.7 Å². The van der Waals surface area contributed by atoms with Gasteiger partial charge in [-0.1, -0.05) is 24.3 Å². The Kier molecular flexibility index (Phi) is 8.27. The summed E-state index contributed by atoms with van der Waals surface area (Å²) in [7, 11) is 0. The minimum Gasteiger partial charge on any atom is -0.379 e. The second-order valence-electron chi connectivity index (χ2n) is 10.5. The highest BCUT2D eigenvalue weighted by Crippen LogP contribution is 2.44. The third-order valence-electron chi connectivity index (χ3n) is 7.26. The molecule has 1 amide bonds. The largest absolute Gasteiger partial charge is 0.379 e. The summed E-state index contributed by atoms with van der Waals surface area (Å²) in [6.07, 6.45) is -1.72. The highest BCUT2D eigenvalue weighted by atomic mass is 19.1. The maximum absolute atomic E-state index is 14.5. The average molecular weight is 551 g/mol. The van der Waals surface area contributed by atoms with E-state index in [1.165, 1.54) is 12.1 Å². The van der Waals surface area contributed by atoms with Gasteiger partial charge in [0.25, 0.3) is 5.91 Å². The Balaban J connectivity index is 1.42. The van der Waals surface area contributed by atoms with Crippen molar-refractivity contribution in [2.24, 2.45) is 0 Å². The second-order valence-corrected chi connectivity index (χ2v) is 10.5. The van der Waals surface area contributed by atoms with Crippen LogP contribution in [-0.2, 0) is 41.7 Å². The zero-order valence-electron chi connectivity index (χ0n) is 22.0. The number of hydrogen-bond donors (Lipinski definition) is 1. The fourth-order valence-corrected chi connectivity index (χ4v) is 5.30. The van der Waals surface area contributed by atoms with Crippen LogP contribution < -0.4 is 5.43 Å². The topological polar surface area (TPSA) is 78.5 Å². The van der Waals surface area contributed by atoms with Gasteiger partial charge in [-0.3, -0.25) is 10.2 Å². The smallest absolute Gasteiger partial charge is 0.266 e. The molecule has 2 heterocycles. The van der Waals surface area contributed by atoms with E-state index in [2.05, 4.69) is 5.43 Å². The molecule has 1 saturated carbocycles. The molecule has 0 bridgehead atoms. The Morgan fingerprint density at radius 2 is 1.74 bits per heavy atom. The number of fused-ring (bicyclic) bond motifs is 1. The number of amides is 1. The van der Waals surface area contributed by atoms with Crippen molar-refractivity contribution in [2.75, 3.05) is 26.3 Å². The summed E-state index contributed by atoms with van der Waals surface area (Å²) in [6.45, 7) is 5.11. The molecule has 0 spiro atoms. The lowest BCUT2D eigenvalue weighted by Crippen LogP contribution is -2.63. The first-order chi connectivity index (χ1) is 18.6. The van der Waals surface area contributed by atoms with Crippen LogP contribution in [0.5, 0.6) is 0 Å². The maximum Gasteiger partial charge on any atom is 0.266 e. The van der Waals surface area contributed by atoms with Crippen molar-refractivity contribution in [3.63, 3.8) is 0 Å². The molecular formula is C28H33F3N2O6. The molecule has 2 aromatic rings. The van der Waals surface area contributed by atoms with Crippen LogP contribution in [0, 0.1) is 17.5 Å². The van der Waals surface area contributed by atoms with Gasteiger partial charge >= 0.3 is 0 Å². The van der Waals surface area contributed by atoms with Crippen LogP contribution in [0.4, 0.5) is 13.2 Å². The summed E-state index contributed by atoms with van der Waals surface area (Å²) >= 11 is 0. The standard InChI is InChI=1S/C28H33F3N2O6/c1-27(2)38-24-15-28(26(34)32-33-9-11-35-12-10-33,37-17-18-5-3-4-6-21(18)30)14-23(25(24)39-27)36-16-19-7-8-20(29)13-22(19)31/h3-8,13,23-25H,9-12,14-17H2,1-2H3,(H,32,34)/t23?,24-,25+,28-/m1/s1. The number of benzene rings is 2. The van der Waals surface area contributed by atoms with E-state index in [0.717, 1.165) is 12.1 Å². The fraction of sp³-hybridized carbons (Fsp3) is 0.536. The maximum atomic E-state index is 14.5. The normalized spacial score (nSPS) is 28.7. The van der Waals surface area contributed by atoms with Gasteiger partial charge in [0.1, 0.15) is 23.6 Å². The molecule has 11 heteroatoms. The van der Waals surface area contributed by atoms with Crippen molar-refractivity contribution >= 4 is 5.91 Å². The van der Waals surface area contributed by atoms with Gasteiger partial charge in [0, 0.05) is 43.1 Å². The summed E-state index contributed by atoms with van der Waals surface area (Å²) in [5.74, 6) is -3.26. The van der Waals surface area contributed by atoms with E-state index in [1.54, 1.807) is 37.1 Å². The highest BCUT2D eigenvalue weighted by molar-refractivity contribution is 5.85. The molecule has 0 aromatic heterocycles.